The lowest BCUT2D eigenvalue weighted by molar-refractivity contribution is -0.144. The second-order valence-electron chi connectivity index (χ2n) is 5.45. The molecule has 0 saturated carbocycles. The topological polar surface area (TPSA) is 75.6 Å². The Morgan fingerprint density at radius 3 is 2.74 bits per heavy atom. The quantitative estimate of drug-likeness (QED) is 0.765. The third-order valence-corrected chi connectivity index (χ3v) is 5.11. The van der Waals surface area contributed by atoms with Crippen molar-refractivity contribution in [1.29, 1.82) is 0 Å². The fourth-order valence-electron chi connectivity index (χ4n) is 2.68. The molecule has 1 aliphatic heterocycles. The SMILES string of the molecule is CSc1ccc(Cl)c(C(=O)NCC(C(=O)O)C2CCOCC2)c1. The summed E-state index contributed by atoms with van der Waals surface area (Å²) in [6.45, 7) is 1.24. The predicted octanol–water partition coefficient (Wildman–Crippen LogP) is 2.92. The number of ether oxygens (including phenoxy) is 1. The number of amides is 1. The summed E-state index contributed by atoms with van der Waals surface area (Å²) in [4.78, 5) is 24.7. The number of carboxylic acids is 1. The van der Waals surface area contributed by atoms with E-state index in [9.17, 15) is 14.7 Å². The van der Waals surface area contributed by atoms with Gasteiger partial charge in [-0.1, -0.05) is 11.6 Å². The van der Waals surface area contributed by atoms with Gasteiger partial charge in [-0.05, 0) is 43.2 Å². The first-order chi connectivity index (χ1) is 11.0. The Morgan fingerprint density at radius 1 is 1.43 bits per heavy atom. The van der Waals surface area contributed by atoms with Crippen LogP contribution in [0.5, 0.6) is 0 Å². The first-order valence-corrected chi connectivity index (χ1v) is 9.05. The Hall–Kier alpha value is -1.24. The molecule has 0 radical (unpaired) electrons. The molecule has 2 N–H and O–H groups in total. The van der Waals surface area contributed by atoms with E-state index in [1.165, 1.54) is 11.8 Å². The molecule has 5 nitrogen and oxygen atoms in total. The van der Waals surface area contributed by atoms with Crippen LogP contribution >= 0.6 is 23.4 Å². The highest BCUT2D eigenvalue weighted by atomic mass is 35.5. The van der Waals surface area contributed by atoms with E-state index in [2.05, 4.69) is 5.32 Å². The summed E-state index contributed by atoms with van der Waals surface area (Å²) in [6, 6.07) is 5.23. The molecule has 1 unspecified atom stereocenters. The average Bonchev–Trinajstić information content (AvgIpc) is 2.56. The van der Waals surface area contributed by atoms with Crippen molar-refractivity contribution in [2.75, 3.05) is 26.0 Å². The van der Waals surface area contributed by atoms with Crippen molar-refractivity contribution in [3.05, 3.63) is 28.8 Å². The Labute approximate surface area is 144 Å². The Balaban J connectivity index is 2.02. The van der Waals surface area contributed by atoms with E-state index < -0.39 is 11.9 Å². The van der Waals surface area contributed by atoms with Crippen LogP contribution in [0.1, 0.15) is 23.2 Å². The molecule has 1 heterocycles. The number of carbonyl (C=O) groups is 2. The third-order valence-electron chi connectivity index (χ3n) is 4.05. The molecule has 1 fully saturated rings. The minimum Gasteiger partial charge on any atom is -0.481 e. The van der Waals surface area contributed by atoms with Crippen LogP contribution in [-0.4, -0.2) is 43.0 Å². The Kier molecular flexibility index (Phi) is 6.74. The summed E-state index contributed by atoms with van der Waals surface area (Å²) in [5, 5.41) is 12.5. The highest BCUT2D eigenvalue weighted by Crippen LogP contribution is 2.25. The molecule has 1 saturated heterocycles. The van der Waals surface area contributed by atoms with Crippen molar-refractivity contribution in [3.63, 3.8) is 0 Å². The molecule has 0 aromatic heterocycles. The minimum atomic E-state index is -0.888. The van der Waals surface area contributed by atoms with Gasteiger partial charge < -0.3 is 15.2 Å². The van der Waals surface area contributed by atoms with Gasteiger partial charge in [0.05, 0.1) is 16.5 Å². The van der Waals surface area contributed by atoms with Crippen LogP contribution in [0, 0.1) is 11.8 Å². The lowest BCUT2D eigenvalue weighted by atomic mass is 9.86. The number of aliphatic carboxylic acids is 1. The molecule has 1 aliphatic rings. The molecule has 1 aromatic carbocycles. The van der Waals surface area contributed by atoms with Crippen molar-refractivity contribution < 1.29 is 19.4 Å². The maximum Gasteiger partial charge on any atom is 0.308 e. The summed E-state index contributed by atoms with van der Waals surface area (Å²) in [6.07, 6.45) is 3.32. The van der Waals surface area contributed by atoms with Crippen molar-refractivity contribution in [2.24, 2.45) is 11.8 Å². The molecular formula is C16H20ClNO4S. The molecule has 7 heteroatoms. The number of hydrogen-bond acceptors (Lipinski definition) is 4. The molecule has 0 aliphatic carbocycles. The number of thioether (sulfide) groups is 1. The van der Waals surface area contributed by atoms with Crippen molar-refractivity contribution >= 4 is 35.2 Å². The van der Waals surface area contributed by atoms with Gasteiger partial charge in [-0.25, -0.2) is 0 Å². The van der Waals surface area contributed by atoms with E-state index in [1.807, 2.05) is 12.3 Å². The smallest absolute Gasteiger partial charge is 0.308 e. The normalized spacial score (nSPS) is 16.8. The van der Waals surface area contributed by atoms with Gasteiger partial charge in [0.15, 0.2) is 0 Å². The van der Waals surface area contributed by atoms with Gasteiger partial charge in [0.2, 0.25) is 0 Å². The fourth-order valence-corrected chi connectivity index (χ4v) is 3.32. The van der Waals surface area contributed by atoms with Gasteiger partial charge >= 0.3 is 5.97 Å². The molecule has 0 spiro atoms. The van der Waals surface area contributed by atoms with Crippen LogP contribution in [0.15, 0.2) is 23.1 Å². The van der Waals surface area contributed by atoms with Gasteiger partial charge in [0.25, 0.3) is 5.91 Å². The van der Waals surface area contributed by atoms with Gasteiger partial charge in [0.1, 0.15) is 0 Å². The maximum atomic E-state index is 12.3. The molecule has 0 bridgehead atoms. The standard InChI is InChI=1S/C16H20ClNO4S/c1-23-11-2-3-14(17)12(8-11)15(19)18-9-13(16(20)21)10-4-6-22-7-5-10/h2-3,8,10,13H,4-7,9H2,1H3,(H,18,19)(H,20,21). The van der Waals surface area contributed by atoms with E-state index >= 15 is 0 Å². The second-order valence-corrected chi connectivity index (χ2v) is 6.74. The van der Waals surface area contributed by atoms with Crippen LogP contribution < -0.4 is 5.32 Å². The largest absolute Gasteiger partial charge is 0.481 e. The van der Waals surface area contributed by atoms with E-state index in [-0.39, 0.29) is 18.4 Å². The predicted molar refractivity (Wildman–Crippen MR) is 90.2 cm³/mol. The van der Waals surface area contributed by atoms with Crippen molar-refractivity contribution in [2.45, 2.75) is 17.7 Å². The first-order valence-electron chi connectivity index (χ1n) is 7.45. The van der Waals surface area contributed by atoms with Crippen LogP contribution in [0.3, 0.4) is 0 Å². The summed E-state index contributed by atoms with van der Waals surface area (Å²) >= 11 is 7.59. The zero-order chi connectivity index (χ0) is 16.8. The van der Waals surface area contributed by atoms with E-state index in [4.69, 9.17) is 16.3 Å². The third kappa shape index (κ3) is 4.86. The number of halogens is 1. The van der Waals surface area contributed by atoms with Crippen molar-refractivity contribution in [3.8, 4) is 0 Å². The Bertz CT molecular complexity index is 575. The minimum absolute atomic E-state index is 0.0227. The second kappa shape index (κ2) is 8.57. The molecule has 126 valence electrons. The van der Waals surface area contributed by atoms with E-state index in [1.54, 1.807) is 12.1 Å². The zero-order valence-electron chi connectivity index (χ0n) is 12.9. The van der Waals surface area contributed by atoms with Crippen LogP contribution in [0.2, 0.25) is 5.02 Å². The molecule has 23 heavy (non-hydrogen) atoms. The molecule has 1 amide bonds. The highest BCUT2D eigenvalue weighted by Gasteiger charge is 2.30. The number of hydrogen-bond donors (Lipinski definition) is 2. The van der Waals surface area contributed by atoms with Gasteiger partial charge in [-0.15, -0.1) is 11.8 Å². The summed E-state index contributed by atoms with van der Waals surface area (Å²) < 4.78 is 5.27. The number of carboxylic acid groups (broad SMARTS) is 1. The number of rotatable bonds is 6. The number of nitrogens with one attached hydrogen (secondary N) is 1. The maximum absolute atomic E-state index is 12.3. The lowest BCUT2D eigenvalue weighted by Gasteiger charge is -2.27. The van der Waals surface area contributed by atoms with Gasteiger partial charge in [-0.3, -0.25) is 9.59 Å². The monoisotopic (exact) mass is 357 g/mol. The molecular weight excluding hydrogens is 338 g/mol. The van der Waals surface area contributed by atoms with E-state index in [0.717, 1.165) is 4.90 Å². The highest BCUT2D eigenvalue weighted by molar-refractivity contribution is 7.98. The van der Waals surface area contributed by atoms with Gasteiger partial charge in [-0.2, -0.15) is 0 Å². The Morgan fingerprint density at radius 2 is 2.13 bits per heavy atom. The summed E-state index contributed by atoms with van der Waals surface area (Å²) in [5.74, 6) is -1.81. The van der Waals surface area contributed by atoms with Crippen LogP contribution in [0.25, 0.3) is 0 Å². The first kappa shape index (κ1) is 18.1. The number of benzene rings is 1. The fraction of sp³-hybridized carbons (Fsp3) is 0.500. The van der Waals surface area contributed by atoms with Crippen LogP contribution in [-0.2, 0) is 9.53 Å². The van der Waals surface area contributed by atoms with Crippen LogP contribution in [0.4, 0.5) is 0 Å². The average molecular weight is 358 g/mol. The summed E-state index contributed by atoms with van der Waals surface area (Å²) in [5.41, 5.74) is 0.370. The van der Waals surface area contributed by atoms with Crippen molar-refractivity contribution in [1.82, 2.24) is 5.32 Å². The number of carbonyl (C=O) groups excluding carboxylic acids is 1. The molecule has 2 rings (SSSR count). The van der Waals surface area contributed by atoms with Gasteiger partial charge in [0, 0.05) is 24.7 Å². The summed E-state index contributed by atoms with van der Waals surface area (Å²) in [7, 11) is 0. The molecule has 1 atom stereocenters. The zero-order valence-corrected chi connectivity index (χ0v) is 14.5. The molecule has 1 aromatic rings. The lowest BCUT2D eigenvalue weighted by Crippen LogP contribution is -2.39. The van der Waals surface area contributed by atoms with E-state index in [0.29, 0.717) is 36.6 Å².